The predicted octanol–water partition coefficient (Wildman–Crippen LogP) is 1.79. The lowest BCUT2D eigenvalue weighted by Gasteiger charge is -2.33. The van der Waals surface area contributed by atoms with E-state index >= 15 is 0 Å². The Labute approximate surface area is 119 Å². The van der Waals surface area contributed by atoms with Crippen LogP contribution in [-0.2, 0) is 16.0 Å². The van der Waals surface area contributed by atoms with Gasteiger partial charge in [0.05, 0.1) is 25.0 Å². The Morgan fingerprint density at radius 1 is 1.50 bits per heavy atom. The number of benzene rings is 1. The number of methoxy groups -OCH3 is 1. The predicted molar refractivity (Wildman–Crippen MR) is 77.6 cm³/mol. The van der Waals surface area contributed by atoms with E-state index in [9.17, 15) is 4.39 Å². The Bertz CT molecular complexity index is 428. The van der Waals surface area contributed by atoms with Gasteiger partial charge in [-0.05, 0) is 24.6 Å². The van der Waals surface area contributed by atoms with E-state index in [1.165, 1.54) is 0 Å². The maximum Gasteiger partial charge on any atom is 0.146 e. The molecule has 4 nitrogen and oxygen atoms in total. The molecule has 1 atom stereocenters. The van der Waals surface area contributed by atoms with Crippen LogP contribution >= 0.6 is 0 Å². The van der Waals surface area contributed by atoms with Gasteiger partial charge in [-0.2, -0.15) is 0 Å². The molecule has 1 aromatic carbocycles. The lowest BCUT2D eigenvalue weighted by atomic mass is 10.1. The molecule has 1 saturated heterocycles. The molecular formula is C15H23FN2O2. The van der Waals surface area contributed by atoms with Crippen LogP contribution in [-0.4, -0.2) is 46.1 Å². The number of ether oxygens (including phenoxy) is 2. The van der Waals surface area contributed by atoms with E-state index in [1.807, 2.05) is 24.0 Å². The number of morpholine rings is 1. The minimum Gasteiger partial charge on any atom is -0.383 e. The minimum absolute atomic E-state index is 0.151. The molecule has 5 heteroatoms. The molecule has 0 saturated carbocycles. The van der Waals surface area contributed by atoms with Crippen molar-refractivity contribution in [1.82, 2.24) is 5.32 Å². The van der Waals surface area contributed by atoms with Gasteiger partial charge in [0.2, 0.25) is 0 Å². The minimum atomic E-state index is -0.162. The Morgan fingerprint density at radius 2 is 2.35 bits per heavy atom. The maximum absolute atomic E-state index is 14.2. The maximum atomic E-state index is 14.2. The molecule has 20 heavy (non-hydrogen) atoms. The van der Waals surface area contributed by atoms with Crippen LogP contribution in [0.1, 0.15) is 12.5 Å². The first-order chi connectivity index (χ1) is 9.70. The standard InChI is InChI=1S/C15H23FN2O2/c1-12-11-18(6-8-20-12)15-4-3-13(9-14(15)16)10-17-5-7-19-2/h3-4,9,12,17H,5-8,10-11H2,1-2H3. The monoisotopic (exact) mass is 282 g/mol. The quantitative estimate of drug-likeness (QED) is 0.807. The van der Waals surface area contributed by atoms with Crippen molar-refractivity contribution in [2.24, 2.45) is 0 Å². The van der Waals surface area contributed by atoms with Gasteiger partial charge < -0.3 is 19.7 Å². The van der Waals surface area contributed by atoms with Crippen molar-refractivity contribution in [3.63, 3.8) is 0 Å². The highest BCUT2D eigenvalue weighted by Gasteiger charge is 2.19. The fourth-order valence-electron chi connectivity index (χ4n) is 2.36. The molecule has 0 bridgehead atoms. The number of nitrogens with zero attached hydrogens (tertiary/aromatic N) is 1. The van der Waals surface area contributed by atoms with Crippen LogP contribution in [0.5, 0.6) is 0 Å². The van der Waals surface area contributed by atoms with Crippen molar-refractivity contribution in [1.29, 1.82) is 0 Å². The molecule has 0 aromatic heterocycles. The van der Waals surface area contributed by atoms with Crippen molar-refractivity contribution in [2.75, 3.05) is 44.9 Å². The van der Waals surface area contributed by atoms with Crippen molar-refractivity contribution in [3.05, 3.63) is 29.6 Å². The first-order valence-corrected chi connectivity index (χ1v) is 7.05. The molecule has 1 fully saturated rings. The van der Waals surface area contributed by atoms with Gasteiger partial charge in [-0.25, -0.2) is 4.39 Å². The summed E-state index contributed by atoms with van der Waals surface area (Å²) in [5, 5.41) is 3.21. The third kappa shape index (κ3) is 4.16. The van der Waals surface area contributed by atoms with Gasteiger partial charge in [0, 0.05) is 33.3 Å². The second-order valence-electron chi connectivity index (χ2n) is 5.08. The Hall–Kier alpha value is -1.17. The first-order valence-electron chi connectivity index (χ1n) is 7.05. The molecule has 1 aliphatic rings. The van der Waals surface area contributed by atoms with Gasteiger partial charge in [-0.3, -0.25) is 0 Å². The van der Waals surface area contributed by atoms with Gasteiger partial charge in [-0.1, -0.05) is 6.07 Å². The van der Waals surface area contributed by atoms with Crippen molar-refractivity contribution < 1.29 is 13.9 Å². The second-order valence-corrected chi connectivity index (χ2v) is 5.08. The van der Waals surface area contributed by atoms with Crippen LogP contribution in [0, 0.1) is 5.82 Å². The van der Waals surface area contributed by atoms with Gasteiger partial charge in [-0.15, -0.1) is 0 Å². The summed E-state index contributed by atoms with van der Waals surface area (Å²) in [6.07, 6.45) is 0.151. The van der Waals surface area contributed by atoms with Crippen LogP contribution in [0.4, 0.5) is 10.1 Å². The average molecular weight is 282 g/mol. The fourth-order valence-corrected chi connectivity index (χ4v) is 2.36. The normalized spacial score (nSPS) is 19.4. The summed E-state index contributed by atoms with van der Waals surface area (Å²) >= 11 is 0. The van der Waals surface area contributed by atoms with Crippen LogP contribution in [0.2, 0.25) is 0 Å². The van der Waals surface area contributed by atoms with E-state index in [0.717, 1.165) is 25.2 Å². The smallest absolute Gasteiger partial charge is 0.146 e. The molecule has 1 N–H and O–H groups in total. The zero-order valence-electron chi connectivity index (χ0n) is 12.2. The number of rotatable bonds is 6. The Kier molecular flexibility index (Phi) is 5.76. The number of nitrogens with one attached hydrogen (secondary N) is 1. The van der Waals surface area contributed by atoms with Gasteiger partial charge in [0.1, 0.15) is 5.82 Å². The van der Waals surface area contributed by atoms with E-state index < -0.39 is 0 Å². The average Bonchev–Trinajstić information content (AvgIpc) is 2.44. The van der Waals surface area contributed by atoms with Gasteiger partial charge in [0.25, 0.3) is 0 Å². The molecule has 0 radical (unpaired) electrons. The van der Waals surface area contributed by atoms with Crippen LogP contribution in [0.15, 0.2) is 18.2 Å². The molecule has 112 valence electrons. The summed E-state index contributed by atoms with van der Waals surface area (Å²) in [6, 6.07) is 5.44. The first kappa shape index (κ1) is 15.2. The number of halogens is 1. The number of anilines is 1. The van der Waals surface area contributed by atoms with Crippen LogP contribution < -0.4 is 10.2 Å². The molecule has 0 aliphatic carbocycles. The highest BCUT2D eigenvalue weighted by molar-refractivity contribution is 5.49. The molecule has 1 aliphatic heterocycles. The molecule has 1 unspecified atom stereocenters. The molecular weight excluding hydrogens is 259 g/mol. The summed E-state index contributed by atoms with van der Waals surface area (Å²) in [5.41, 5.74) is 1.62. The molecule has 2 rings (SSSR count). The highest BCUT2D eigenvalue weighted by Crippen LogP contribution is 2.22. The number of hydrogen-bond donors (Lipinski definition) is 1. The van der Waals surface area contributed by atoms with Crippen LogP contribution in [0.25, 0.3) is 0 Å². The third-order valence-corrected chi connectivity index (χ3v) is 3.41. The van der Waals surface area contributed by atoms with Crippen LogP contribution in [0.3, 0.4) is 0 Å². The topological polar surface area (TPSA) is 33.7 Å². The van der Waals surface area contributed by atoms with E-state index in [2.05, 4.69) is 5.32 Å². The molecule has 1 heterocycles. The molecule has 0 spiro atoms. The van der Waals surface area contributed by atoms with E-state index in [1.54, 1.807) is 13.2 Å². The van der Waals surface area contributed by atoms with E-state index in [4.69, 9.17) is 9.47 Å². The van der Waals surface area contributed by atoms with Crippen molar-refractivity contribution in [3.8, 4) is 0 Å². The SMILES string of the molecule is COCCNCc1ccc(N2CCOC(C)C2)c(F)c1. The zero-order chi connectivity index (χ0) is 14.4. The van der Waals surface area contributed by atoms with Crippen molar-refractivity contribution >= 4 is 5.69 Å². The summed E-state index contributed by atoms with van der Waals surface area (Å²) in [5.74, 6) is -0.162. The lowest BCUT2D eigenvalue weighted by Crippen LogP contribution is -2.41. The van der Waals surface area contributed by atoms with Gasteiger partial charge in [0.15, 0.2) is 0 Å². The van der Waals surface area contributed by atoms with E-state index in [0.29, 0.717) is 25.4 Å². The van der Waals surface area contributed by atoms with E-state index in [-0.39, 0.29) is 11.9 Å². The highest BCUT2D eigenvalue weighted by atomic mass is 19.1. The Balaban J connectivity index is 1.95. The van der Waals surface area contributed by atoms with Crippen molar-refractivity contribution in [2.45, 2.75) is 19.6 Å². The van der Waals surface area contributed by atoms with Gasteiger partial charge >= 0.3 is 0 Å². The summed E-state index contributed by atoms with van der Waals surface area (Å²) in [6.45, 7) is 6.22. The Morgan fingerprint density at radius 3 is 3.05 bits per heavy atom. The fraction of sp³-hybridized carbons (Fsp3) is 0.600. The zero-order valence-corrected chi connectivity index (χ0v) is 12.2. The third-order valence-electron chi connectivity index (χ3n) is 3.41. The molecule has 1 aromatic rings. The summed E-state index contributed by atoms with van der Waals surface area (Å²) in [7, 11) is 1.67. The lowest BCUT2D eigenvalue weighted by molar-refractivity contribution is 0.0530. The summed E-state index contributed by atoms with van der Waals surface area (Å²) in [4.78, 5) is 2.05. The summed E-state index contributed by atoms with van der Waals surface area (Å²) < 4.78 is 24.6. The number of hydrogen-bond acceptors (Lipinski definition) is 4. The second kappa shape index (κ2) is 7.57. The largest absolute Gasteiger partial charge is 0.383 e. The molecule has 0 amide bonds.